The summed E-state index contributed by atoms with van der Waals surface area (Å²) in [6, 6.07) is 5.15. The number of unbranched alkanes of at least 4 members (excludes halogenated alkanes) is 4. The average Bonchev–Trinajstić information content (AvgIpc) is 2.69. The number of hydrogen-bond acceptors (Lipinski definition) is 5. The van der Waals surface area contributed by atoms with Crippen molar-refractivity contribution in [3.8, 4) is 17.2 Å². The van der Waals surface area contributed by atoms with Gasteiger partial charge in [0.2, 0.25) is 5.75 Å². The van der Waals surface area contributed by atoms with Gasteiger partial charge in [0, 0.05) is 12.8 Å². The van der Waals surface area contributed by atoms with E-state index in [-0.39, 0.29) is 23.4 Å². The molecule has 0 aromatic heterocycles. The van der Waals surface area contributed by atoms with Gasteiger partial charge in [0.15, 0.2) is 11.5 Å². The molecule has 0 aliphatic rings. The highest BCUT2D eigenvalue weighted by molar-refractivity contribution is 5.77. The Morgan fingerprint density at radius 1 is 0.800 bits per heavy atom. The van der Waals surface area contributed by atoms with Crippen molar-refractivity contribution < 1.29 is 23.8 Å². The second-order valence-corrected chi connectivity index (χ2v) is 8.66. The molecule has 0 fully saturated rings. The van der Waals surface area contributed by atoms with Crippen molar-refractivity contribution >= 4 is 11.9 Å². The fourth-order valence-electron chi connectivity index (χ4n) is 2.83. The summed E-state index contributed by atoms with van der Waals surface area (Å²) in [6.07, 6.45) is 7.75. The molecule has 0 N–H and O–H groups in total. The third kappa shape index (κ3) is 11.2. The van der Waals surface area contributed by atoms with E-state index in [0.29, 0.717) is 37.0 Å². The van der Waals surface area contributed by atoms with Crippen LogP contribution < -0.4 is 14.2 Å². The first-order valence-corrected chi connectivity index (χ1v) is 11.5. The molecule has 0 atom stereocenters. The Morgan fingerprint density at radius 2 is 1.37 bits per heavy atom. The first-order valence-electron chi connectivity index (χ1n) is 11.5. The second kappa shape index (κ2) is 14.9. The smallest absolute Gasteiger partial charge is 0.311 e. The van der Waals surface area contributed by atoms with E-state index in [9.17, 15) is 9.59 Å². The third-order valence-electron chi connectivity index (χ3n) is 4.74. The summed E-state index contributed by atoms with van der Waals surface area (Å²) in [6.45, 7) is 11.0. The van der Waals surface area contributed by atoms with Gasteiger partial charge in [-0.15, -0.1) is 0 Å². The summed E-state index contributed by atoms with van der Waals surface area (Å²) < 4.78 is 17.0. The number of benzene rings is 1. The molecule has 0 unspecified atom stereocenters. The lowest BCUT2D eigenvalue weighted by Gasteiger charge is -2.16. The highest BCUT2D eigenvalue weighted by atomic mass is 16.6. The zero-order chi connectivity index (χ0) is 22.4. The van der Waals surface area contributed by atoms with E-state index in [2.05, 4.69) is 34.6 Å². The fraction of sp³-hybridized carbons (Fsp3) is 0.680. The minimum absolute atomic E-state index is 0.206. The van der Waals surface area contributed by atoms with Crippen molar-refractivity contribution in [1.82, 2.24) is 0 Å². The van der Waals surface area contributed by atoms with E-state index in [1.807, 2.05) is 0 Å². The van der Waals surface area contributed by atoms with E-state index < -0.39 is 0 Å². The number of ether oxygens (including phenoxy) is 3. The number of carbonyl (C=O) groups excluding carboxylic acids is 2. The molecule has 0 heterocycles. The molecule has 0 amide bonds. The van der Waals surface area contributed by atoms with Gasteiger partial charge in [0.25, 0.3) is 0 Å². The minimum atomic E-state index is -0.345. The lowest BCUT2D eigenvalue weighted by atomic mass is 10.1. The van der Waals surface area contributed by atoms with Crippen LogP contribution in [0.1, 0.15) is 92.4 Å². The Hall–Kier alpha value is -2.04. The highest BCUT2D eigenvalue weighted by Crippen LogP contribution is 2.38. The zero-order valence-corrected chi connectivity index (χ0v) is 19.5. The highest BCUT2D eigenvalue weighted by Gasteiger charge is 2.19. The number of esters is 2. The Bertz CT molecular complexity index is 636. The summed E-state index contributed by atoms with van der Waals surface area (Å²) in [5.74, 6) is 1.02. The monoisotopic (exact) mass is 420 g/mol. The van der Waals surface area contributed by atoms with Gasteiger partial charge in [-0.25, -0.2) is 0 Å². The Labute approximate surface area is 182 Å². The van der Waals surface area contributed by atoms with Crippen LogP contribution in [0.4, 0.5) is 0 Å². The van der Waals surface area contributed by atoms with Crippen molar-refractivity contribution in [2.45, 2.75) is 92.4 Å². The molecule has 1 rings (SSSR count). The largest absolute Gasteiger partial charge is 0.490 e. The molecule has 0 aliphatic carbocycles. The molecular formula is C25H40O5. The maximum Gasteiger partial charge on any atom is 0.311 e. The molecule has 0 spiro atoms. The SMILES string of the molecule is CCCCCCCOc1cccc(OC(=O)CCC(C)C)c1OC(=O)CCC(C)C. The van der Waals surface area contributed by atoms with Gasteiger partial charge in [-0.1, -0.05) is 66.4 Å². The molecule has 0 aliphatic heterocycles. The topological polar surface area (TPSA) is 61.8 Å². The molecule has 0 saturated carbocycles. The molecule has 0 bridgehead atoms. The van der Waals surface area contributed by atoms with Crippen LogP contribution in [0.3, 0.4) is 0 Å². The maximum atomic E-state index is 12.4. The van der Waals surface area contributed by atoms with Crippen molar-refractivity contribution in [2.24, 2.45) is 11.8 Å². The summed E-state index contributed by atoms with van der Waals surface area (Å²) in [7, 11) is 0. The number of rotatable bonds is 15. The van der Waals surface area contributed by atoms with Crippen molar-refractivity contribution in [3.05, 3.63) is 18.2 Å². The lowest BCUT2D eigenvalue weighted by Crippen LogP contribution is -2.14. The Morgan fingerprint density at radius 3 is 1.97 bits per heavy atom. The van der Waals surface area contributed by atoms with Gasteiger partial charge in [-0.3, -0.25) is 9.59 Å². The standard InChI is InChI=1S/C25H40O5/c1-6-7-8-9-10-18-28-21-12-11-13-22(29-23(26)16-14-19(2)3)25(21)30-24(27)17-15-20(4)5/h11-13,19-20H,6-10,14-18H2,1-5H3. The summed E-state index contributed by atoms with van der Waals surface area (Å²) in [4.78, 5) is 24.6. The van der Waals surface area contributed by atoms with Gasteiger partial charge in [-0.05, 0) is 43.2 Å². The number of hydrogen-bond donors (Lipinski definition) is 0. The third-order valence-corrected chi connectivity index (χ3v) is 4.74. The van der Waals surface area contributed by atoms with Crippen molar-refractivity contribution in [3.63, 3.8) is 0 Å². The molecule has 30 heavy (non-hydrogen) atoms. The van der Waals surface area contributed by atoms with E-state index in [4.69, 9.17) is 14.2 Å². The van der Waals surface area contributed by atoms with Gasteiger partial charge >= 0.3 is 11.9 Å². The van der Waals surface area contributed by atoms with E-state index in [0.717, 1.165) is 25.7 Å². The molecule has 170 valence electrons. The molecule has 5 heteroatoms. The van der Waals surface area contributed by atoms with Crippen LogP contribution in [-0.2, 0) is 9.59 Å². The van der Waals surface area contributed by atoms with Gasteiger partial charge in [-0.2, -0.15) is 0 Å². The second-order valence-electron chi connectivity index (χ2n) is 8.66. The van der Waals surface area contributed by atoms with Crippen LogP contribution in [0.2, 0.25) is 0 Å². The Balaban J connectivity index is 2.85. The van der Waals surface area contributed by atoms with Crippen LogP contribution in [0.15, 0.2) is 18.2 Å². The van der Waals surface area contributed by atoms with Crippen LogP contribution in [0.25, 0.3) is 0 Å². The molecule has 0 saturated heterocycles. The number of carbonyl (C=O) groups is 2. The summed E-state index contributed by atoms with van der Waals surface area (Å²) in [5, 5.41) is 0. The molecule has 1 aromatic carbocycles. The predicted octanol–water partition coefficient (Wildman–Crippen LogP) is 6.72. The summed E-state index contributed by atoms with van der Waals surface area (Å²) in [5.41, 5.74) is 0. The van der Waals surface area contributed by atoms with Crippen LogP contribution in [0, 0.1) is 11.8 Å². The molecular weight excluding hydrogens is 380 g/mol. The maximum absolute atomic E-state index is 12.4. The van der Waals surface area contributed by atoms with E-state index >= 15 is 0 Å². The first kappa shape index (κ1) is 26.0. The zero-order valence-electron chi connectivity index (χ0n) is 19.5. The quantitative estimate of drug-likeness (QED) is 0.179. The summed E-state index contributed by atoms with van der Waals surface area (Å²) >= 11 is 0. The van der Waals surface area contributed by atoms with Crippen LogP contribution in [-0.4, -0.2) is 18.5 Å². The molecule has 5 nitrogen and oxygen atoms in total. The Kier molecular flexibility index (Phi) is 12.9. The van der Waals surface area contributed by atoms with E-state index in [1.54, 1.807) is 18.2 Å². The van der Waals surface area contributed by atoms with Gasteiger partial charge in [0.1, 0.15) is 0 Å². The average molecular weight is 421 g/mol. The fourth-order valence-corrected chi connectivity index (χ4v) is 2.83. The van der Waals surface area contributed by atoms with Crippen LogP contribution >= 0.6 is 0 Å². The predicted molar refractivity (Wildman–Crippen MR) is 120 cm³/mol. The lowest BCUT2D eigenvalue weighted by molar-refractivity contribution is -0.137. The minimum Gasteiger partial charge on any atom is -0.490 e. The van der Waals surface area contributed by atoms with E-state index in [1.165, 1.54) is 19.3 Å². The van der Waals surface area contributed by atoms with Crippen LogP contribution in [0.5, 0.6) is 17.2 Å². The molecule has 0 radical (unpaired) electrons. The van der Waals surface area contributed by atoms with Crippen molar-refractivity contribution in [2.75, 3.05) is 6.61 Å². The molecule has 1 aromatic rings. The normalized spacial score (nSPS) is 11.0. The number of para-hydroxylation sites is 1. The van der Waals surface area contributed by atoms with Gasteiger partial charge in [0.05, 0.1) is 6.61 Å². The van der Waals surface area contributed by atoms with Crippen molar-refractivity contribution in [1.29, 1.82) is 0 Å². The van der Waals surface area contributed by atoms with Gasteiger partial charge < -0.3 is 14.2 Å². The first-order chi connectivity index (χ1) is 14.3.